The summed E-state index contributed by atoms with van der Waals surface area (Å²) in [6, 6.07) is 27.4. The summed E-state index contributed by atoms with van der Waals surface area (Å²) in [5.41, 5.74) is 5.69. The van der Waals surface area contributed by atoms with E-state index in [-0.39, 0.29) is 17.5 Å². The second-order valence-corrected chi connectivity index (χ2v) is 12.4. The lowest BCUT2D eigenvalue weighted by Crippen LogP contribution is -2.39. The Morgan fingerprint density at radius 1 is 0.884 bits per heavy atom. The van der Waals surface area contributed by atoms with Crippen molar-refractivity contribution in [1.29, 1.82) is 0 Å². The van der Waals surface area contributed by atoms with E-state index in [1.807, 2.05) is 79.7 Å². The van der Waals surface area contributed by atoms with E-state index in [4.69, 9.17) is 9.84 Å². The van der Waals surface area contributed by atoms with Gasteiger partial charge in [0, 0.05) is 30.3 Å². The van der Waals surface area contributed by atoms with Crippen molar-refractivity contribution in [2.75, 3.05) is 23.7 Å². The molecule has 0 radical (unpaired) electrons. The fraction of sp³-hybridized carbons (Fsp3) is 0.343. The Hall–Kier alpha value is -4.59. The number of piperidine rings is 1. The van der Waals surface area contributed by atoms with E-state index in [9.17, 15) is 9.59 Å². The van der Waals surface area contributed by atoms with Crippen LogP contribution in [0.2, 0.25) is 0 Å². The monoisotopic (exact) mass is 579 g/mol. The number of ether oxygens (including phenoxy) is 1. The standard InChI is InChI=1S/C35H41N5O3/c1-25-10-16-30(17-11-25)40-32(23-31(38-40)35(2,3)4)37-33(41)36-29-14-12-26(13-15-29)22-27-18-20-39(21-19-27)34(42)43-24-28-8-6-5-7-9-28/h5-17,23,27H,18-22,24H2,1-4H3,(H2,36,37,41). The van der Waals surface area contributed by atoms with E-state index in [0.29, 0.717) is 31.4 Å². The Kier molecular flexibility index (Phi) is 9.14. The van der Waals surface area contributed by atoms with Gasteiger partial charge in [0.25, 0.3) is 0 Å². The summed E-state index contributed by atoms with van der Waals surface area (Å²) in [5.74, 6) is 1.11. The van der Waals surface area contributed by atoms with Gasteiger partial charge in [0.15, 0.2) is 0 Å². The number of aromatic nitrogens is 2. The number of nitrogens with one attached hydrogen (secondary N) is 2. The van der Waals surface area contributed by atoms with Crippen LogP contribution in [-0.2, 0) is 23.2 Å². The first-order valence-corrected chi connectivity index (χ1v) is 14.9. The molecule has 224 valence electrons. The van der Waals surface area contributed by atoms with Gasteiger partial charge in [-0.3, -0.25) is 5.32 Å². The second-order valence-electron chi connectivity index (χ2n) is 12.4. The number of benzene rings is 3. The molecule has 2 heterocycles. The first-order valence-electron chi connectivity index (χ1n) is 14.9. The molecule has 8 nitrogen and oxygen atoms in total. The molecule has 0 spiro atoms. The number of hydrogen-bond acceptors (Lipinski definition) is 4. The number of likely N-dealkylation sites (tertiary alicyclic amines) is 1. The Labute approximate surface area is 254 Å². The topological polar surface area (TPSA) is 88.5 Å². The van der Waals surface area contributed by atoms with Gasteiger partial charge in [0.05, 0.1) is 11.4 Å². The number of rotatable bonds is 7. The number of hydrogen-bond donors (Lipinski definition) is 2. The highest BCUT2D eigenvalue weighted by Gasteiger charge is 2.24. The molecule has 1 aliphatic heterocycles. The molecule has 1 aromatic heterocycles. The van der Waals surface area contributed by atoms with Gasteiger partial charge in [-0.2, -0.15) is 5.10 Å². The second kappa shape index (κ2) is 13.2. The van der Waals surface area contributed by atoms with Crippen LogP contribution in [0.4, 0.5) is 21.1 Å². The van der Waals surface area contributed by atoms with Gasteiger partial charge in [0.2, 0.25) is 0 Å². The molecule has 0 unspecified atom stereocenters. The minimum absolute atomic E-state index is 0.166. The summed E-state index contributed by atoms with van der Waals surface area (Å²) in [4.78, 5) is 27.3. The third kappa shape index (κ3) is 8.03. The van der Waals surface area contributed by atoms with Crippen molar-refractivity contribution < 1.29 is 14.3 Å². The summed E-state index contributed by atoms with van der Waals surface area (Å²) in [6.45, 7) is 10.1. The number of anilines is 2. The maximum atomic E-state index is 13.0. The summed E-state index contributed by atoms with van der Waals surface area (Å²) < 4.78 is 7.27. The summed E-state index contributed by atoms with van der Waals surface area (Å²) in [6.07, 6.45) is 2.57. The fourth-order valence-electron chi connectivity index (χ4n) is 5.19. The number of carbonyl (C=O) groups excluding carboxylic acids is 2. The predicted octanol–water partition coefficient (Wildman–Crippen LogP) is 7.71. The minimum atomic E-state index is -0.326. The van der Waals surface area contributed by atoms with Crippen LogP contribution in [0.15, 0.2) is 84.9 Å². The Balaban J connectivity index is 1.12. The summed E-state index contributed by atoms with van der Waals surface area (Å²) in [5, 5.41) is 10.7. The van der Waals surface area contributed by atoms with E-state index in [0.717, 1.165) is 47.5 Å². The van der Waals surface area contributed by atoms with Gasteiger partial charge < -0.3 is 15.0 Å². The van der Waals surface area contributed by atoms with Crippen molar-refractivity contribution in [2.24, 2.45) is 5.92 Å². The highest BCUT2D eigenvalue weighted by atomic mass is 16.6. The first-order chi connectivity index (χ1) is 20.6. The van der Waals surface area contributed by atoms with Crippen LogP contribution < -0.4 is 10.6 Å². The zero-order valence-corrected chi connectivity index (χ0v) is 25.5. The minimum Gasteiger partial charge on any atom is -0.445 e. The first kappa shape index (κ1) is 29.9. The Bertz CT molecular complexity index is 1510. The van der Waals surface area contributed by atoms with E-state index >= 15 is 0 Å². The molecular weight excluding hydrogens is 538 g/mol. The smallest absolute Gasteiger partial charge is 0.410 e. The lowest BCUT2D eigenvalue weighted by Gasteiger charge is -2.31. The zero-order chi connectivity index (χ0) is 30.4. The highest BCUT2D eigenvalue weighted by Crippen LogP contribution is 2.27. The molecule has 0 saturated carbocycles. The van der Waals surface area contributed by atoms with Gasteiger partial charge >= 0.3 is 12.1 Å². The lowest BCUT2D eigenvalue weighted by molar-refractivity contribution is 0.0823. The molecule has 2 N–H and O–H groups in total. The van der Waals surface area contributed by atoms with Gasteiger partial charge in [-0.1, -0.05) is 80.9 Å². The van der Waals surface area contributed by atoms with Crippen LogP contribution in [0.1, 0.15) is 56.0 Å². The Morgan fingerprint density at radius 2 is 1.56 bits per heavy atom. The van der Waals surface area contributed by atoms with Crippen LogP contribution in [0.3, 0.4) is 0 Å². The Morgan fingerprint density at radius 3 is 2.21 bits per heavy atom. The largest absolute Gasteiger partial charge is 0.445 e. The molecule has 8 heteroatoms. The summed E-state index contributed by atoms with van der Waals surface area (Å²) >= 11 is 0. The molecule has 43 heavy (non-hydrogen) atoms. The van der Waals surface area contributed by atoms with Crippen LogP contribution in [0, 0.1) is 12.8 Å². The van der Waals surface area contributed by atoms with E-state index in [1.165, 1.54) is 5.56 Å². The van der Waals surface area contributed by atoms with Crippen molar-refractivity contribution in [3.05, 3.63) is 107 Å². The molecule has 0 aliphatic carbocycles. The molecule has 1 saturated heterocycles. The SMILES string of the molecule is Cc1ccc(-n2nc(C(C)(C)C)cc2NC(=O)Nc2ccc(CC3CCN(C(=O)OCc4ccccc4)CC3)cc2)cc1. The molecule has 0 atom stereocenters. The number of amides is 3. The molecule has 3 aromatic carbocycles. The molecule has 3 amide bonds. The van der Waals surface area contributed by atoms with Crippen LogP contribution in [0.25, 0.3) is 5.69 Å². The van der Waals surface area contributed by atoms with Gasteiger partial charge in [-0.25, -0.2) is 14.3 Å². The predicted molar refractivity (Wildman–Crippen MR) is 171 cm³/mol. The van der Waals surface area contributed by atoms with Crippen LogP contribution in [0.5, 0.6) is 0 Å². The van der Waals surface area contributed by atoms with E-state index in [1.54, 1.807) is 9.58 Å². The lowest BCUT2D eigenvalue weighted by atomic mass is 9.90. The average molecular weight is 580 g/mol. The van der Waals surface area contributed by atoms with Crippen molar-refractivity contribution in [3.8, 4) is 5.69 Å². The number of nitrogens with zero attached hydrogens (tertiary/aromatic N) is 3. The van der Waals surface area contributed by atoms with Crippen LogP contribution in [-0.4, -0.2) is 39.9 Å². The summed E-state index contributed by atoms with van der Waals surface area (Å²) in [7, 11) is 0. The van der Waals surface area contributed by atoms with Gasteiger partial charge in [-0.05, 0) is 67.5 Å². The van der Waals surface area contributed by atoms with Crippen molar-refractivity contribution in [2.45, 2.75) is 59.0 Å². The third-order valence-corrected chi connectivity index (χ3v) is 7.81. The molecule has 0 bridgehead atoms. The van der Waals surface area contributed by atoms with Crippen molar-refractivity contribution >= 4 is 23.6 Å². The highest BCUT2D eigenvalue weighted by molar-refractivity contribution is 5.99. The molecule has 1 fully saturated rings. The normalized spacial score (nSPS) is 13.9. The number of aryl methyl sites for hydroxylation is 1. The number of urea groups is 1. The van der Waals surface area contributed by atoms with Crippen molar-refractivity contribution in [1.82, 2.24) is 14.7 Å². The number of carbonyl (C=O) groups is 2. The third-order valence-electron chi connectivity index (χ3n) is 7.81. The van der Waals surface area contributed by atoms with Gasteiger partial charge in [-0.15, -0.1) is 0 Å². The quantitative estimate of drug-likeness (QED) is 0.235. The van der Waals surface area contributed by atoms with E-state index in [2.05, 4.69) is 43.5 Å². The molecular formula is C35H41N5O3. The molecule has 1 aliphatic rings. The maximum absolute atomic E-state index is 13.0. The van der Waals surface area contributed by atoms with E-state index < -0.39 is 0 Å². The van der Waals surface area contributed by atoms with Gasteiger partial charge in [0.1, 0.15) is 12.4 Å². The molecule has 5 rings (SSSR count). The zero-order valence-electron chi connectivity index (χ0n) is 25.5. The molecule has 4 aromatic rings. The maximum Gasteiger partial charge on any atom is 0.410 e. The van der Waals surface area contributed by atoms with Crippen molar-refractivity contribution in [3.63, 3.8) is 0 Å². The average Bonchev–Trinajstić information content (AvgIpc) is 3.42. The van der Waals surface area contributed by atoms with Crippen LogP contribution >= 0.6 is 0 Å². The fourth-order valence-corrected chi connectivity index (χ4v) is 5.19.